The van der Waals surface area contributed by atoms with Gasteiger partial charge in [0, 0.05) is 13.1 Å². The van der Waals surface area contributed by atoms with E-state index in [2.05, 4.69) is 17.5 Å². The highest BCUT2D eigenvalue weighted by Crippen LogP contribution is 2.15. The molecule has 0 aliphatic carbocycles. The zero-order valence-electron chi connectivity index (χ0n) is 9.14. The Morgan fingerprint density at radius 1 is 1.35 bits per heavy atom. The molecule has 3 amide bonds. The maximum absolute atomic E-state index is 11.6. The summed E-state index contributed by atoms with van der Waals surface area (Å²) in [6.07, 6.45) is 0.490. The summed E-state index contributed by atoms with van der Waals surface area (Å²) in [7, 11) is 0. The molecule has 0 spiro atoms. The summed E-state index contributed by atoms with van der Waals surface area (Å²) in [6, 6.07) is 0. The third-order valence-electron chi connectivity index (χ3n) is 2.50. The van der Waals surface area contributed by atoms with E-state index in [1.807, 2.05) is 0 Å². The average molecular weight is 258 g/mol. The number of primary amides is 1. The Kier molecular flexibility index (Phi) is 4.38. The fourth-order valence-corrected chi connectivity index (χ4v) is 1.64. The molecule has 0 radical (unpaired) electrons. The first-order chi connectivity index (χ1) is 7.91. The van der Waals surface area contributed by atoms with Crippen LogP contribution in [0.1, 0.15) is 6.42 Å². The number of carbonyl (C=O) groups is 3. The van der Waals surface area contributed by atoms with Crippen molar-refractivity contribution in [2.24, 2.45) is 17.4 Å². The van der Waals surface area contributed by atoms with Crippen LogP contribution in [0.2, 0.25) is 0 Å². The summed E-state index contributed by atoms with van der Waals surface area (Å²) in [6.45, 7) is 0.522. The van der Waals surface area contributed by atoms with Crippen LogP contribution < -0.4 is 16.8 Å². The lowest BCUT2D eigenvalue weighted by Crippen LogP contribution is -2.44. The second-order valence-electron chi connectivity index (χ2n) is 3.79. The zero-order chi connectivity index (χ0) is 13.0. The quantitative estimate of drug-likeness (QED) is 0.389. The standard InChI is InChI=1S/C9H14N4O3S/c10-6(17)3-12-8(15)9(16)13-2-1-5(4-13)7(11)14/h5H,1-4H2,(H2,10,17)(H2,11,14)(H,12,15). The fourth-order valence-electron chi connectivity index (χ4n) is 1.56. The molecule has 1 aliphatic heterocycles. The van der Waals surface area contributed by atoms with Gasteiger partial charge in [-0.25, -0.2) is 0 Å². The van der Waals surface area contributed by atoms with Crippen molar-refractivity contribution in [2.45, 2.75) is 6.42 Å². The van der Waals surface area contributed by atoms with Crippen LogP contribution in [-0.2, 0) is 14.4 Å². The van der Waals surface area contributed by atoms with Crippen molar-refractivity contribution in [3.63, 3.8) is 0 Å². The normalized spacial score (nSPS) is 18.8. The van der Waals surface area contributed by atoms with E-state index < -0.39 is 17.7 Å². The Morgan fingerprint density at radius 2 is 2.00 bits per heavy atom. The van der Waals surface area contributed by atoms with Gasteiger partial charge in [0.1, 0.15) is 0 Å². The van der Waals surface area contributed by atoms with Crippen molar-refractivity contribution in [3.8, 4) is 0 Å². The molecule has 0 aromatic carbocycles. The molecule has 17 heavy (non-hydrogen) atoms. The van der Waals surface area contributed by atoms with Crippen LogP contribution in [0.4, 0.5) is 0 Å². The molecular weight excluding hydrogens is 244 g/mol. The molecule has 0 bridgehead atoms. The van der Waals surface area contributed by atoms with E-state index in [9.17, 15) is 14.4 Å². The predicted molar refractivity (Wildman–Crippen MR) is 63.7 cm³/mol. The van der Waals surface area contributed by atoms with Gasteiger partial charge < -0.3 is 21.7 Å². The molecule has 1 saturated heterocycles. The summed E-state index contributed by atoms with van der Waals surface area (Å²) in [5.74, 6) is -2.29. The number of carbonyl (C=O) groups excluding carboxylic acids is 3. The van der Waals surface area contributed by atoms with E-state index in [1.54, 1.807) is 0 Å². The molecule has 94 valence electrons. The van der Waals surface area contributed by atoms with E-state index in [1.165, 1.54) is 4.90 Å². The van der Waals surface area contributed by atoms with Crippen molar-refractivity contribution < 1.29 is 14.4 Å². The Hall–Kier alpha value is -1.70. The third-order valence-corrected chi connectivity index (χ3v) is 2.64. The molecule has 1 aliphatic rings. The van der Waals surface area contributed by atoms with Gasteiger partial charge in [-0.1, -0.05) is 12.2 Å². The summed E-state index contributed by atoms with van der Waals surface area (Å²) in [4.78, 5) is 35.3. The van der Waals surface area contributed by atoms with Gasteiger partial charge in [-0.15, -0.1) is 0 Å². The lowest BCUT2D eigenvalue weighted by Gasteiger charge is -2.15. The minimum absolute atomic E-state index is 0.0208. The van der Waals surface area contributed by atoms with E-state index >= 15 is 0 Å². The maximum atomic E-state index is 11.6. The Morgan fingerprint density at radius 3 is 2.47 bits per heavy atom. The molecule has 8 heteroatoms. The predicted octanol–water partition coefficient (Wildman–Crippen LogP) is -2.28. The van der Waals surface area contributed by atoms with Crippen LogP contribution in [0.25, 0.3) is 0 Å². The van der Waals surface area contributed by atoms with Crippen LogP contribution in [0.15, 0.2) is 0 Å². The van der Waals surface area contributed by atoms with Crippen molar-refractivity contribution in [3.05, 3.63) is 0 Å². The second kappa shape index (κ2) is 5.58. The highest BCUT2D eigenvalue weighted by molar-refractivity contribution is 7.80. The van der Waals surface area contributed by atoms with Gasteiger partial charge in [-0.2, -0.15) is 0 Å². The number of hydrogen-bond donors (Lipinski definition) is 3. The molecule has 1 heterocycles. The van der Waals surface area contributed by atoms with Crippen LogP contribution in [0, 0.1) is 5.92 Å². The minimum Gasteiger partial charge on any atom is -0.392 e. The number of hydrogen-bond acceptors (Lipinski definition) is 4. The van der Waals surface area contributed by atoms with E-state index in [0.29, 0.717) is 13.0 Å². The SMILES string of the molecule is NC(=O)C1CCN(C(=O)C(=O)NCC(N)=S)C1. The lowest BCUT2D eigenvalue weighted by molar-refractivity contribution is -0.145. The van der Waals surface area contributed by atoms with Gasteiger partial charge >= 0.3 is 11.8 Å². The fraction of sp³-hybridized carbons (Fsp3) is 0.556. The van der Waals surface area contributed by atoms with Gasteiger partial charge in [-0.05, 0) is 6.42 Å². The second-order valence-corrected chi connectivity index (χ2v) is 4.31. The molecular formula is C9H14N4O3S. The molecule has 0 aromatic rings. The van der Waals surface area contributed by atoms with Crippen molar-refractivity contribution in [1.29, 1.82) is 0 Å². The van der Waals surface area contributed by atoms with Crippen LogP contribution in [0.5, 0.6) is 0 Å². The first-order valence-electron chi connectivity index (χ1n) is 5.06. The van der Waals surface area contributed by atoms with Gasteiger partial charge in [0.05, 0.1) is 17.5 Å². The third kappa shape index (κ3) is 3.66. The molecule has 5 N–H and O–H groups in total. The summed E-state index contributed by atoms with van der Waals surface area (Å²) in [5, 5.41) is 2.29. The highest BCUT2D eigenvalue weighted by atomic mass is 32.1. The molecule has 0 saturated carbocycles. The zero-order valence-corrected chi connectivity index (χ0v) is 9.96. The number of nitrogens with one attached hydrogen (secondary N) is 1. The number of nitrogens with zero attached hydrogens (tertiary/aromatic N) is 1. The first-order valence-corrected chi connectivity index (χ1v) is 5.47. The monoisotopic (exact) mass is 258 g/mol. The van der Waals surface area contributed by atoms with E-state index in [0.717, 1.165) is 0 Å². The maximum Gasteiger partial charge on any atom is 0.311 e. The van der Waals surface area contributed by atoms with Gasteiger partial charge in [-0.3, -0.25) is 14.4 Å². The number of rotatable bonds is 3. The first kappa shape index (κ1) is 13.4. The Labute approximate surface area is 103 Å². The molecule has 1 unspecified atom stereocenters. The van der Waals surface area contributed by atoms with Crippen LogP contribution in [0.3, 0.4) is 0 Å². The van der Waals surface area contributed by atoms with Gasteiger partial charge in [0.2, 0.25) is 5.91 Å². The van der Waals surface area contributed by atoms with Crippen LogP contribution in [-0.4, -0.2) is 47.2 Å². The summed E-state index contributed by atoms with van der Waals surface area (Å²) < 4.78 is 0. The minimum atomic E-state index is -0.775. The topological polar surface area (TPSA) is 119 Å². The molecule has 1 atom stereocenters. The molecule has 1 fully saturated rings. The average Bonchev–Trinajstić information content (AvgIpc) is 2.73. The lowest BCUT2D eigenvalue weighted by atomic mass is 10.1. The van der Waals surface area contributed by atoms with Gasteiger partial charge in [0.25, 0.3) is 0 Å². The Balaban J connectivity index is 2.46. The van der Waals surface area contributed by atoms with E-state index in [4.69, 9.17) is 11.5 Å². The van der Waals surface area contributed by atoms with Crippen molar-refractivity contribution in [2.75, 3.05) is 19.6 Å². The number of likely N-dealkylation sites (tertiary alicyclic amines) is 1. The summed E-state index contributed by atoms with van der Waals surface area (Å²) in [5.41, 5.74) is 10.3. The number of nitrogens with two attached hydrogens (primary N) is 2. The van der Waals surface area contributed by atoms with Crippen molar-refractivity contribution in [1.82, 2.24) is 10.2 Å². The summed E-state index contributed by atoms with van der Waals surface area (Å²) >= 11 is 4.57. The number of thiocarbonyl (C=S) groups is 1. The van der Waals surface area contributed by atoms with Crippen LogP contribution >= 0.6 is 12.2 Å². The van der Waals surface area contributed by atoms with E-state index in [-0.39, 0.29) is 24.0 Å². The molecule has 7 nitrogen and oxygen atoms in total. The smallest absolute Gasteiger partial charge is 0.311 e. The highest BCUT2D eigenvalue weighted by Gasteiger charge is 2.32. The number of amides is 3. The van der Waals surface area contributed by atoms with Gasteiger partial charge in [0.15, 0.2) is 0 Å². The van der Waals surface area contributed by atoms with Crippen molar-refractivity contribution >= 4 is 34.9 Å². The molecule has 0 aromatic heterocycles. The molecule has 1 rings (SSSR count). The Bertz CT molecular complexity index is 371. The largest absolute Gasteiger partial charge is 0.392 e.